The largest absolute Gasteiger partial charge is 0.464 e. The lowest BCUT2D eigenvalue weighted by Gasteiger charge is -2.07. The predicted molar refractivity (Wildman–Crippen MR) is 59.2 cm³/mol. The molecule has 2 heteroatoms. The van der Waals surface area contributed by atoms with Gasteiger partial charge in [0.1, 0.15) is 11.5 Å². The fourth-order valence-corrected chi connectivity index (χ4v) is 1.54. The lowest BCUT2D eigenvalue weighted by atomic mass is 10.1. The minimum Gasteiger partial charge on any atom is -0.464 e. The number of unbranched alkanes of at least 4 members (excludes halogenated alkanes) is 2. The van der Waals surface area contributed by atoms with Crippen molar-refractivity contribution < 1.29 is 4.42 Å². The van der Waals surface area contributed by atoms with Gasteiger partial charge in [-0.15, -0.1) is 0 Å². The van der Waals surface area contributed by atoms with E-state index in [9.17, 15) is 0 Å². The van der Waals surface area contributed by atoms with Gasteiger partial charge >= 0.3 is 0 Å². The summed E-state index contributed by atoms with van der Waals surface area (Å²) in [5, 5.41) is 0. The van der Waals surface area contributed by atoms with Gasteiger partial charge in [-0.2, -0.15) is 0 Å². The highest BCUT2D eigenvalue weighted by atomic mass is 16.3. The highest BCUT2D eigenvalue weighted by molar-refractivity contribution is 5.10. The second-order valence-corrected chi connectivity index (χ2v) is 3.76. The van der Waals surface area contributed by atoms with Crippen LogP contribution in [0.25, 0.3) is 0 Å². The number of hydrogen-bond acceptors (Lipinski definition) is 2. The Morgan fingerprint density at radius 1 is 1.29 bits per heavy atom. The first kappa shape index (κ1) is 11.3. The molecule has 0 aliphatic heterocycles. The molecule has 1 unspecified atom stereocenters. The summed E-state index contributed by atoms with van der Waals surface area (Å²) in [5.41, 5.74) is 6.01. The van der Waals surface area contributed by atoms with Crippen molar-refractivity contribution in [2.24, 2.45) is 5.73 Å². The Labute approximate surface area is 86.5 Å². The van der Waals surface area contributed by atoms with Crippen LogP contribution in [0.5, 0.6) is 0 Å². The molecule has 2 N–H and O–H groups in total. The Balaban J connectivity index is 2.39. The van der Waals surface area contributed by atoms with Crippen molar-refractivity contribution in [2.75, 3.05) is 0 Å². The van der Waals surface area contributed by atoms with E-state index in [4.69, 9.17) is 10.2 Å². The second-order valence-electron chi connectivity index (χ2n) is 3.76. The van der Waals surface area contributed by atoms with Crippen LogP contribution in [0.15, 0.2) is 16.5 Å². The van der Waals surface area contributed by atoms with Crippen LogP contribution in [0.1, 0.15) is 57.1 Å². The molecule has 14 heavy (non-hydrogen) atoms. The Morgan fingerprint density at radius 2 is 2.07 bits per heavy atom. The first-order valence-corrected chi connectivity index (χ1v) is 5.62. The molecule has 0 saturated heterocycles. The van der Waals surface area contributed by atoms with Crippen molar-refractivity contribution in [1.29, 1.82) is 0 Å². The smallest absolute Gasteiger partial charge is 0.120 e. The third-order valence-electron chi connectivity index (χ3n) is 2.52. The van der Waals surface area contributed by atoms with Gasteiger partial charge in [-0.05, 0) is 18.6 Å². The molecule has 1 rings (SSSR count). The summed E-state index contributed by atoms with van der Waals surface area (Å²) in [6, 6.07) is 4.12. The predicted octanol–water partition coefficient (Wildman–Crippen LogP) is 3.42. The van der Waals surface area contributed by atoms with Crippen LogP contribution in [0.2, 0.25) is 0 Å². The molecule has 1 aromatic rings. The number of furan rings is 1. The van der Waals surface area contributed by atoms with Crippen LogP contribution in [0, 0.1) is 0 Å². The van der Waals surface area contributed by atoms with E-state index in [2.05, 4.69) is 13.8 Å². The summed E-state index contributed by atoms with van der Waals surface area (Å²) in [6.07, 6.45) is 5.67. The average molecular weight is 195 g/mol. The van der Waals surface area contributed by atoms with Gasteiger partial charge < -0.3 is 10.2 Å². The Kier molecular flexibility index (Phi) is 4.74. The zero-order valence-electron chi connectivity index (χ0n) is 9.25. The maximum absolute atomic E-state index is 6.01. The first-order chi connectivity index (χ1) is 6.77. The fourth-order valence-electron chi connectivity index (χ4n) is 1.54. The molecule has 0 saturated carbocycles. The summed E-state index contributed by atoms with van der Waals surface area (Å²) in [7, 11) is 0. The van der Waals surface area contributed by atoms with Gasteiger partial charge in [0, 0.05) is 6.42 Å². The van der Waals surface area contributed by atoms with Crippen LogP contribution in [0.4, 0.5) is 0 Å². The normalized spacial score (nSPS) is 13.1. The van der Waals surface area contributed by atoms with Crippen LogP contribution < -0.4 is 5.73 Å². The van der Waals surface area contributed by atoms with Crippen molar-refractivity contribution in [3.63, 3.8) is 0 Å². The summed E-state index contributed by atoms with van der Waals surface area (Å²) in [4.78, 5) is 0. The molecule has 0 fully saturated rings. The van der Waals surface area contributed by atoms with E-state index in [1.165, 1.54) is 19.3 Å². The Bertz CT molecular complexity index is 255. The lowest BCUT2D eigenvalue weighted by molar-refractivity contribution is 0.418. The van der Waals surface area contributed by atoms with Crippen molar-refractivity contribution >= 4 is 0 Å². The van der Waals surface area contributed by atoms with E-state index in [1.807, 2.05) is 12.1 Å². The van der Waals surface area contributed by atoms with Gasteiger partial charge in [0.15, 0.2) is 0 Å². The van der Waals surface area contributed by atoms with E-state index in [0.29, 0.717) is 0 Å². The summed E-state index contributed by atoms with van der Waals surface area (Å²) < 4.78 is 5.60. The molecule has 80 valence electrons. The molecule has 1 atom stereocenters. The van der Waals surface area contributed by atoms with Crippen LogP contribution in [-0.4, -0.2) is 0 Å². The van der Waals surface area contributed by atoms with Crippen molar-refractivity contribution in [1.82, 2.24) is 0 Å². The number of rotatable bonds is 6. The zero-order valence-corrected chi connectivity index (χ0v) is 9.25. The third-order valence-corrected chi connectivity index (χ3v) is 2.52. The highest BCUT2D eigenvalue weighted by Gasteiger charge is 2.09. The van der Waals surface area contributed by atoms with Crippen LogP contribution in [0.3, 0.4) is 0 Å². The van der Waals surface area contributed by atoms with E-state index in [1.54, 1.807) is 0 Å². The molecule has 0 aromatic carbocycles. The summed E-state index contributed by atoms with van der Waals surface area (Å²) >= 11 is 0. The second kappa shape index (κ2) is 5.86. The van der Waals surface area contributed by atoms with E-state index in [-0.39, 0.29) is 6.04 Å². The molecule has 0 amide bonds. The molecule has 1 aromatic heterocycles. The maximum Gasteiger partial charge on any atom is 0.120 e. The standard InChI is InChI=1S/C12H21NO/c1-3-5-6-7-11(13)12-9-8-10(4-2)14-12/h8-9,11H,3-7,13H2,1-2H3. The van der Waals surface area contributed by atoms with E-state index in [0.717, 1.165) is 24.4 Å². The first-order valence-electron chi connectivity index (χ1n) is 5.62. The minimum absolute atomic E-state index is 0.0850. The minimum atomic E-state index is 0.0850. The van der Waals surface area contributed by atoms with Crippen LogP contribution >= 0.6 is 0 Å². The highest BCUT2D eigenvalue weighted by Crippen LogP contribution is 2.20. The van der Waals surface area contributed by atoms with Crippen molar-refractivity contribution in [2.45, 2.75) is 52.0 Å². The van der Waals surface area contributed by atoms with Gasteiger partial charge in [-0.25, -0.2) is 0 Å². The quantitative estimate of drug-likeness (QED) is 0.706. The van der Waals surface area contributed by atoms with E-state index < -0.39 is 0 Å². The van der Waals surface area contributed by atoms with Gasteiger partial charge in [0.2, 0.25) is 0 Å². The molecule has 0 spiro atoms. The van der Waals surface area contributed by atoms with Crippen molar-refractivity contribution in [3.8, 4) is 0 Å². The van der Waals surface area contributed by atoms with Gasteiger partial charge in [0.25, 0.3) is 0 Å². The molecule has 0 bridgehead atoms. The van der Waals surface area contributed by atoms with Gasteiger partial charge in [-0.3, -0.25) is 0 Å². The average Bonchev–Trinajstić information content (AvgIpc) is 2.66. The SMILES string of the molecule is CCCCCC(N)c1ccc(CC)o1. The van der Waals surface area contributed by atoms with Crippen molar-refractivity contribution in [3.05, 3.63) is 23.7 Å². The molecule has 0 aliphatic rings. The van der Waals surface area contributed by atoms with Gasteiger partial charge in [-0.1, -0.05) is 33.1 Å². The van der Waals surface area contributed by atoms with Crippen LogP contribution in [-0.2, 0) is 6.42 Å². The number of nitrogens with two attached hydrogens (primary N) is 1. The molecule has 0 aliphatic carbocycles. The third kappa shape index (κ3) is 3.18. The zero-order chi connectivity index (χ0) is 10.4. The fraction of sp³-hybridized carbons (Fsp3) is 0.667. The van der Waals surface area contributed by atoms with E-state index >= 15 is 0 Å². The number of aryl methyl sites for hydroxylation is 1. The lowest BCUT2D eigenvalue weighted by Crippen LogP contribution is -2.08. The Morgan fingerprint density at radius 3 is 2.64 bits per heavy atom. The molecular formula is C12H21NO. The molecule has 1 heterocycles. The Hall–Kier alpha value is -0.760. The molecule has 0 radical (unpaired) electrons. The summed E-state index contributed by atoms with van der Waals surface area (Å²) in [6.45, 7) is 4.29. The molecule has 2 nitrogen and oxygen atoms in total. The number of hydrogen-bond donors (Lipinski definition) is 1. The summed E-state index contributed by atoms with van der Waals surface area (Å²) in [5.74, 6) is 1.98. The maximum atomic E-state index is 6.01. The topological polar surface area (TPSA) is 39.2 Å². The monoisotopic (exact) mass is 195 g/mol. The molecular weight excluding hydrogens is 174 g/mol. The van der Waals surface area contributed by atoms with Gasteiger partial charge in [0.05, 0.1) is 6.04 Å².